The number of hydrogen-bond donors (Lipinski definition) is 2. The summed E-state index contributed by atoms with van der Waals surface area (Å²) >= 11 is 5.90. The number of rotatable bonds is 3. The van der Waals surface area contributed by atoms with Gasteiger partial charge < -0.3 is 10.2 Å². The number of hydrogen-bond acceptors (Lipinski definition) is 3. The van der Waals surface area contributed by atoms with Gasteiger partial charge in [0.2, 0.25) is 0 Å². The largest absolute Gasteiger partial charge is 0.478 e. The van der Waals surface area contributed by atoms with Crippen LogP contribution in [0.1, 0.15) is 26.4 Å². The van der Waals surface area contributed by atoms with Gasteiger partial charge in [0.05, 0.1) is 11.9 Å². The van der Waals surface area contributed by atoms with Gasteiger partial charge in [-0.1, -0.05) is 11.6 Å². The van der Waals surface area contributed by atoms with Crippen LogP contribution in [0.25, 0.3) is 5.69 Å². The average Bonchev–Trinajstić information content (AvgIpc) is 2.71. The molecule has 7 heteroatoms. The smallest absolute Gasteiger partial charge is 0.355 e. The Balaban J connectivity index is 2.69. The maximum atomic E-state index is 11.2. The zero-order valence-corrected chi connectivity index (χ0v) is 10.5. The molecule has 2 N–H and O–H groups in total. The normalized spacial score (nSPS) is 10.4. The monoisotopic (exact) mass is 280 g/mol. The molecule has 0 aliphatic rings. The van der Waals surface area contributed by atoms with E-state index >= 15 is 0 Å². The molecule has 0 atom stereocenters. The van der Waals surface area contributed by atoms with Gasteiger partial charge in [0.25, 0.3) is 0 Å². The van der Waals surface area contributed by atoms with Crippen molar-refractivity contribution in [2.45, 2.75) is 6.92 Å². The molecule has 0 saturated carbocycles. The Kier molecular flexibility index (Phi) is 3.26. The molecule has 0 radical (unpaired) electrons. The first kappa shape index (κ1) is 13.1. The molecule has 0 aliphatic heterocycles. The molecule has 0 aliphatic carbocycles. The Morgan fingerprint density at radius 2 is 1.89 bits per heavy atom. The van der Waals surface area contributed by atoms with E-state index in [9.17, 15) is 9.59 Å². The lowest BCUT2D eigenvalue weighted by Gasteiger charge is -2.07. The fourth-order valence-corrected chi connectivity index (χ4v) is 2.03. The molecule has 0 fully saturated rings. The average molecular weight is 281 g/mol. The second kappa shape index (κ2) is 4.74. The van der Waals surface area contributed by atoms with Gasteiger partial charge in [-0.25, -0.2) is 14.3 Å². The lowest BCUT2D eigenvalue weighted by molar-refractivity contribution is 0.0646. The number of nitrogens with zero attached hydrogens (tertiary/aromatic N) is 2. The summed E-state index contributed by atoms with van der Waals surface area (Å²) in [6, 6.07) is 4.88. The van der Waals surface area contributed by atoms with Gasteiger partial charge in [0, 0.05) is 5.02 Å². The number of carboxylic acids is 2. The first-order valence-electron chi connectivity index (χ1n) is 5.22. The van der Waals surface area contributed by atoms with E-state index in [1.807, 2.05) is 0 Å². The van der Waals surface area contributed by atoms with Gasteiger partial charge in [0.1, 0.15) is 5.56 Å². The summed E-state index contributed by atoms with van der Waals surface area (Å²) < 4.78 is 1.05. The summed E-state index contributed by atoms with van der Waals surface area (Å²) in [7, 11) is 0. The Morgan fingerprint density at radius 3 is 2.42 bits per heavy atom. The van der Waals surface area contributed by atoms with Gasteiger partial charge in [0.15, 0.2) is 5.69 Å². The maximum absolute atomic E-state index is 11.2. The lowest BCUT2D eigenvalue weighted by atomic mass is 10.2. The van der Waals surface area contributed by atoms with Gasteiger partial charge in [-0.3, -0.25) is 0 Å². The van der Waals surface area contributed by atoms with Crippen LogP contribution in [0.15, 0.2) is 24.4 Å². The topological polar surface area (TPSA) is 92.4 Å². The number of halogens is 1. The first-order chi connectivity index (χ1) is 8.90. The number of carbonyl (C=O) groups is 2. The van der Waals surface area contributed by atoms with Crippen molar-refractivity contribution >= 4 is 23.5 Å². The molecule has 6 nitrogen and oxygen atoms in total. The predicted molar refractivity (Wildman–Crippen MR) is 67.2 cm³/mol. The van der Waals surface area contributed by atoms with Crippen molar-refractivity contribution in [2.24, 2.45) is 0 Å². The second-order valence-corrected chi connectivity index (χ2v) is 4.35. The molecule has 0 amide bonds. The SMILES string of the molecule is Cc1cc(Cl)cc(-n2ncc(C(=O)O)c2C(=O)O)c1. The quantitative estimate of drug-likeness (QED) is 0.899. The van der Waals surface area contributed by atoms with Crippen LogP contribution in [0.2, 0.25) is 5.02 Å². The highest BCUT2D eigenvalue weighted by atomic mass is 35.5. The third-order valence-corrected chi connectivity index (χ3v) is 2.69. The molecule has 2 rings (SSSR count). The van der Waals surface area contributed by atoms with Crippen LogP contribution >= 0.6 is 11.6 Å². The minimum absolute atomic E-state index is 0.370. The van der Waals surface area contributed by atoms with Crippen molar-refractivity contribution in [1.29, 1.82) is 0 Å². The molecule has 1 heterocycles. The van der Waals surface area contributed by atoms with Crippen molar-refractivity contribution in [2.75, 3.05) is 0 Å². The number of aryl methyl sites for hydroxylation is 1. The minimum Gasteiger partial charge on any atom is -0.478 e. The van der Waals surface area contributed by atoms with Gasteiger partial charge in [-0.05, 0) is 30.7 Å². The molecule has 19 heavy (non-hydrogen) atoms. The number of carboxylic acid groups (broad SMARTS) is 2. The molecule has 98 valence electrons. The van der Waals surface area contributed by atoms with E-state index in [4.69, 9.17) is 21.8 Å². The van der Waals surface area contributed by atoms with Crippen LogP contribution in [-0.4, -0.2) is 31.9 Å². The van der Waals surface area contributed by atoms with Crippen molar-refractivity contribution in [1.82, 2.24) is 9.78 Å². The van der Waals surface area contributed by atoms with E-state index in [-0.39, 0.29) is 5.56 Å². The van der Waals surface area contributed by atoms with Crippen molar-refractivity contribution in [3.05, 3.63) is 46.2 Å². The number of benzene rings is 1. The van der Waals surface area contributed by atoms with E-state index in [0.717, 1.165) is 16.4 Å². The summed E-state index contributed by atoms with van der Waals surface area (Å²) in [5, 5.41) is 22.3. The minimum atomic E-state index is -1.37. The van der Waals surface area contributed by atoms with Gasteiger partial charge in [-0.2, -0.15) is 5.10 Å². The van der Waals surface area contributed by atoms with Crippen LogP contribution < -0.4 is 0 Å². The Morgan fingerprint density at radius 1 is 1.21 bits per heavy atom. The highest BCUT2D eigenvalue weighted by molar-refractivity contribution is 6.30. The van der Waals surface area contributed by atoms with Crippen molar-refractivity contribution in [3.8, 4) is 5.69 Å². The van der Waals surface area contributed by atoms with E-state index in [2.05, 4.69) is 5.10 Å². The van der Waals surface area contributed by atoms with E-state index in [0.29, 0.717) is 10.7 Å². The Labute approximate surface area is 112 Å². The van der Waals surface area contributed by atoms with E-state index < -0.39 is 17.6 Å². The molecule has 1 aromatic heterocycles. The number of aromatic nitrogens is 2. The third kappa shape index (κ3) is 2.43. The molecule has 0 unspecified atom stereocenters. The lowest BCUT2D eigenvalue weighted by Crippen LogP contribution is -2.12. The fourth-order valence-electron chi connectivity index (χ4n) is 1.75. The summed E-state index contributed by atoms with van der Waals surface area (Å²) in [5.74, 6) is -2.71. The van der Waals surface area contributed by atoms with Crippen LogP contribution in [0, 0.1) is 6.92 Å². The van der Waals surface area contributed by atoms with Crippen LogP contribution in [0.3, 0.4) is 0 Å². The van der Waals surface area contributed by atoms with Gasteiger partial charge in [-0.15, -0.1) is 0 Å². The maximum Gasteiger partial charge on any atom is 0.355 e. The molecule has 1 aromatic carbocycles. The summed E-state index contributed by atoms with van der Waals surface area (Å²) in [5.41, 5.74) is 0.431. The second-order valence-electron chi connectivity index (χ2n) is 3.92. The summed E-state index contributed by atoms with van der Waals surface area (Å²) in [4.78, 5) is 22.2. The van der Waals surface area contributed by atoms with Crippen LogP contribution in [0.5, 0.6) is 0 Å². The predicted octanol–water partition coefficient (Wildman–Crippen LogP) is 2.23. The highest BCUT2D eigenvalue weighted by Gasteiger charge is 2.23. The van der Waals surface area contributed by atoms with E-state index in [1.165, 1.54) is 6.07 Å². The highest BCUT2D eigenvalue weighted by Crippen LogP contribution is 2.20. The van der Waals surface area contributed by atoms with Crippen LogP contribution in [0.4, 0.5) is 0 Å². The molecule has 0 spiro atoms. The zero-order chi connectivity index (χ0) is 14.2. The molecule has 0 saturated heterocycles. The number of aromatic carboxylic acids is 2. The van der Waals surface area contributed by atoms with Crippen molar-refractivity contribution < 1.29 is 19.8 Å². The standard InChI is InChI=1S/C12H9ClN2O4/c1-6-2-7(13)4-8(3-6)15-10(12(18)19)9(5-14-15)11(16)17/h2-5H,1H3,(H,16,17)(H,18,19). The Bertz CT molecular complexity index is 658. The van der Waals surface area contributed by atoms with Crippen molar-refractivity contribution in [3.63, 3.8) is 0 Å². The summed E-state index contributed by atoms with van der Waals surface area (Å²) in [6.45, 7) is 1.79. The zero-order valence-electron chi connectivity index (χ0n) is 9.79. The molecular weight excluding hydrogens is 272 g/mol. The first-order valence-corrected chi connectivity index (χ1v) is 5.60. The summed E-state index contributed by atoms with van der Waals surface area (Å²) in [6.07, 6.45) is 1.00. The van der Waals surface area contributed by atoms with Gasteiger partial charge >= 0.3 is 11.9 Å². The molecule has 0 bridgehead atoms. The van der Waals surface area contributed by atoms with Crippen LogP contribution in [-0.2, 0) is 0 Å². The molecule has 2 aromatic rings. The third-order valence-electron chi connectivity index (χ3n) is 2.47. The van der Waals surface area contributed by atoms with E-state index in [1.54, 1.807) is 19.1 Å². The fraction of sp³-hybridized carbons (Fsp3) is 0.0833. The molecular formula is C12H9ClN2O4. The Hall–Kier alpha value is -2.34.